The molecule has 0 atom stereocenters. The van der Waals surface area contributed by atoms with Crippen molar-refractivity contribution in [2.24, 2.45) is 0 Å². The van der Waals surface area contributed by atoms with Gasteiger partial charge in [0.15, 0.2) is 11.5 Å². The quantitative estimate of drug-likeness (QED) is 0.780. The molecule has 3 heteroatoms. The molecule has 0 unspecified atom stereocenters. The van der Waals surface area contributed by atoms with E-state index < -0.39 is 0 Å². The molecule has 1 heterocycles. The average Bonchev–Trinajstić information content (AvgIpc) is 2.28. The van der Waals surface area contributed by atoms with Crippen molar-refractivity contribution < 1.29 is 9.47 Å². The van der Waals surface area contributed by atoms with Crippen LogP contribution in [0.1, 0.15) is 18.1 Å². The van der Waals surface area contributed by atoms with Crippen LogP contribution in [0.25, 0.3) is 0 Å². The lowest BCUT2D eigenvalue weighted by molar-refractivity contribution is 0.297. The normalized spacial score (nSPS) is 15.7. The second-order valence-corrected chi connectivity index (χ2v) is 4.19. The number of hydrogen-bond donors (Lipinski definition) is 0. The summed E-state index contributed by atoms with van der Waals surface area (Å²) in [5.74, 6) is 1.71. The summed E-state index contributed by atoms with van der Waals surface area (Å²) in [5.41, 5.74) is 2.75. The number of ether oxygens (including phenoxy) is 2. The molecular formula is C13H19NO2. The topological polar surface area (TPSA) is 21.7 Å². The lowest BCUT2D eigenvalue weighted by atomic mass is 9.99. The lowest BCUT2D eigenvalue weighted by Gasteiger charge is -2.26. The van der Waals surface area contributed by atoms with E-state index in [1.807, 2.05) is 6.92 Å². The fourth-order valence-electron chi connectivity index (χ4n) is 2.13. The van der Waals surface area contributed by atoms with Crippen LogP contribution in [0.15, 0.2) is 12.1 Å². The van der Waals surface area contributed by atoms with E-state index in [0.717, 1.165) is 31.0 Å². The first-order valence-electron chi connectivity index (χ1n) is 5.75. The summed E-state index contributed by atoms with van der Waals surface area (Å²) in [7, 11) is 3.84. The van der Waals surface area contributed by atoms with Crippen molar-refractivity contribution in [3.05, 3.63) is 23.3 Å². The highest BCUT2D eigenvalue weighted by molar-refractivity contribution is 5.48. The van der Waals surface area contributed by atoms with Gasteiger partial charge in [-0.15, -0.1) is 0 Å². The van der Waals surface area contributed by atoms with Gasteiger partial charge in [-0.05, 0) is 43.7 Å². The zero-order chi connectivity index (χ0) is 11.5. The van der Waals surface area contributed by atoms with Crippen molar-refractivity contribution in [3.63, 3.8) is 0 Å². The SMILES string of the molecule is CCOc1cc2c(cc1OC)CCN(C)C2. The van der Waals surface area contributed by atoms with Gasteiger partial charge < -0.3 is 14.4 Å². The van der Waals surface area contributed by atoms with E-state index in [0.29, 0.717) is 6.61 Å². The standard InChI is InChI=1S/C13H19NO2/c1-4-16-13-8-11-9-14(2)6-5-10(11)7-12(13)15-3/h7-8H,4-6,9H2,1-3H3. The Morgan fingerprint density at radius 3 is 2.69 bits per heavy atom. The Morgan fingerprint density at radius 2 is 2.00 bits per heavy atom. The van der Waals surface area contributed by atoms with Crippen molar-refractivity contribution in [1.82, 2.24) is 4.90 Å². The van der Waals surface area contributed by atoms with E-state index in [-0.39, 0.29) is 0 Å². The van der Waals surface area contributed by atoms with Gasteiger partial charge in [0.05, 0.1) is 13.7 Å². The molecule has 1 aromatic rings. The van der Waals surface area contributed by atoms with Gasteiger partial charge in [0.25, 0.3) is 0 Å². The Hall–Kier alpha value is -1.22. The van der Waals surface area contributed by atoms with Crippen LogP contribution in [0.2, 0.25) is 0 Å². The first-order chi connectivity index (χ1) is 7.74. The summed E-state index contributed by atoms with van der Waals surface area (Å²) in [6, 6.07) is 4.24. The molecule has 0 fully saturated rings. The molecule has 0 N–H and O–H groups in total. The van der Waals surface area contributed by atoms with E-state index >= 15 is 0 Å². The molecule has 1 aromatic carbocycles. The predicted molar refractivity (Wildman–Crippen MR) is 64.2 cm³/mol. The van der Waals surface area contributed by atoms with Crippen molar-refractivity contribution in [3.8, 4) is 11.5 Å². The summed E-state index contributed by atoms with van der Waals surface area (Å²) in [5, 5.41) is 0. The summed E-state index contributed by atoms with van der Waals surface area (Å²) in [4.78, 5) is 2.32. The van der Waals surface area contributed by atoms with Crippen LogP contribution >= 0.6 is 0 Å². The molecule has 0 aliphatic carbocycles. The van der Waals surface area contributed by atoms with Crippen LogP contribution in [0.5, 0.6) is 11.5 Å². The minimum atomic E-state index is 0.672. The van der Waals surface area contributed by atoms with Crippen LogP contribution in [-0.4, -0.2) is 32.2 Å². The molecule has 0 saturated heterocycles. The molecular weight excluding hydrogens is 202 g/mol. The van der Waals surface area contributed by atoms with Gasteiger partial charge in [0.2, 0.25) is 0 Å². The average molecular weight is 221 g/mol. The fourth-order valence-corrected chi connectivity index (χ4v) is 2.13. The highest BCUT2D eigenvalue weighted by Gasteiger charge is 2.16. The molecule has 0 amide bonds. The first kappa shape index (κ1) is 11.3. The van der Waals surface area contributed by atoms with Gasteiger partial charge in [-0.3, -0.25) is 0 Å². The van der Waals surface area contributed by atoms with E-state index in [1.165, 1.54) is 11.1 Å². The van der Waals surface area contributed by atoms with Crippen LogP contribution in [-0.2, 0) is 13.0 Å². The predicted octanol–water partition coefficient (Wildman–Crippen LogP) is 2.08. The molecule has 0 aromatic heterocycles. The summed E-state index contributed by atoms with van der Waals surface area (Å²) < 4.78 is 10.9. The Balaban J connectivity index is 2.36. The fraction of sp³-hybridized carbons (Fsp3) is 0.538. The number of likely N-dealkylation sites (N-methyl/N-ethyl adjacent to an activating group) is 1. The van der Waals surface area contributed by atoms with Gasteiger partial charge in [-0.1, -0.05) is 0 Å². The van der Waals surface area contributed by atoms with Crippen molar-refractivity contribution in [2.45, 2.75) is 19.9 Å². The number of hydrogen-bond acceptors (Lipinski definition) is 3. The van der Waals surface area contributed by atoms with E-state index in [2.05, 4.69) is 24.1 Å². The number of nitrogens with zero attached hydrogens (tertiary/aromatic N) is 1. The number of benzene rings is 1. The molecule has 1 aliphatic heterocycles. The second-order valence-electron chi connectivity index (χ2n) is 4.19. The Morgan fingerprint density at radius 1 is 1.25 bits per heavy atom. The third-order valence-electron chi connectivity index (χ3n) is 2.99. The van der Waals surface area contributed by atoms with E-state index in [1.54, 1.807) is 7.11 Å². The second kappa shape index (κ2) is 4.74. The maximum absolute atomic E-state index is 5.59. The molecule has 2 rings (SSSR count). The van der Waals surface area contributed by atoms with E-state index in [4.69, 9.17) is 9.47 Å². The van der Waals surface area contributed by atoms with Crippen molar-refractivity contribution in [1.29, 1.82) is 0 Å². The smallest absolute Gasteiger partial charge is 0.161 e. The highest BCUT2D eigenvalue weighted by atomic mass is 16.5. The van der Waals surface area contributed by atoms with Gasteiger partial charge in [0.1, 0.15) is 0 Å². The monoisotopic (exact) mass is 221 g/mol. The maximum Gasteiger partial charge on any atom is 0.161 e. The molecule has 88 valence electrons. The zero-order valence-corrected chi connectivity index (χ0v) is 10.2. The zero-order valence-electron chi connectivity index (χ0n) is 10.2. The molecule has 0 radical (unpaired) electrons. The van der Waals surface area contributed by atoms with Gasteiger partial charge in [-0.25, -0.2) is 0 Å². The third-order valence-corrected chi connectivity index (χ3v) is 2.99. The molecule has 0 saturated carbocycles. The number of rotatable bonds is 3. The van der Waals surface area contributed by atoms with Crippen molar-refractivity contribution in [2.75, 3.05) is 27.3 Å². The molecule has 1 aliphatic rings. The van der Waals surface area contributed by atoms with Crippen LogP contribution in [0.3, 0.4) is 0 Å². The third kappa shape index (κ3) is 2.14. The van der Waals surface area contributed by atoms with Gasteiger partial charge in [0, 0.05) is 13.1 Å². The largest absolute Gasteiger partial charge is 0.493 e. The molecule has 0 bridgehead atoms. The molecule has 0 spiro atoms. The van der Waals surface area contributed by atoms with Crippen molar-refractivity contribution >= 4 is 0 Å². The first-order valence-corrected chi connectivity index (χ1v) is 5.75. The lowest BCUT2D eigenvalue weighted by Crippen LogP contribution is -2.26. The molecule has 3 nitrogen and oxygen atoms in total. The van der Waals surface area contributed by atoms with Gasteiger partial charge >= 0.3 is 0 Å². The van der Waals surface area contributed by atoms with Crippen LogP contribution < -0.4 is 9.47 Å². The minimum Gasteiger partial charge on any atom is -0.493 e. The summed E-state index contributed by atoms with van der Waals surface area (Å²) >= 11 is 0. The maximum atomic E-state index is 5.59. The molecule has 16 heavy (non-hydrogen) atoms. The Labute approximate surface area is 97.0 Å². The Kier molecular flexibility index (Phi) is 3.34. The number of methoxy groups -OCH3 is 1. The summed E-state index contributed by atoms with van der Waals surface area (Å²) in [6.07, 6.45) is 1.09. The highest BCUT2D eigenvalue weighted by Crippen LogP contribution is 2.33. The van der Waals surface area contributed by atoms with E-state index in [9.17, 15) is 0 Å². The van der Waals surface area contributed by atoms with Gasteiger partial charge in [-0.2, -0.15) is 0 Å². The van der Waals surface area contributed by atoms with Crippen LogP contribution in [0.4, 0.5) is 0 Å². The minimum absolute atomic E-state index is 0.672. The Bertz CT molecular complexity index is 365. The summed E-state index contributed by atoms with van der Waals surface area (Å²) in [6.45, 7) is 4.78. The number of fused-ring (bicyclic) bond motifs is 1. The van der Waals surface area contributed by atoms with Crippen LogP contribution in [0, 0.1) is 0 Å².